The molecule has 2 aromatic rings. The average Bonchev–Trinajstić information content (AvgIpc) is 2.92. The molecule has 0 N–H and O–H groups in total. The van der Waals surface area contributed by atoms with Gasteiger partial charge in [-0.25, -0.2) is 4.98 Å². The van der Waals surface area contributed by atoms with Crippen LogP contribution in [0.1, 0.15) is 28.2 Å². The number of hydrogen-bond donors (Lipinski definition) is 0. The smallest absolute Gasteiger partial charge is 0.274 e. The summed E-state index contributed by atoms with van der Waals surface area (Å²) < 4.78 is 0. The van der Waals surface area contributed by atoms with E-state index < -0.39 is 0 Å². The van der Waals surface area contributed by atoms with E-state index in [0.29, 0.717) is 5.69 Å². The van der Waals surface area contributed by atoms with Crippen molar-refractivity contribution in [2.75, 3.05) is 26.2 Å². The predicted molar refractivity (Wildman–Crippen MR) is 86.9 cm³/mol. The topological polar surface area (TPSA) is 49.3 Å². The van der Waals surface area contributed by atoms with Crippen molar-refractivity contribution in [1.82, 2.24) is 19.8 Å². The Morgan fingerprint density at radius 2 is 2.14 bits per heavy atom. The van der Waals surface area contributed by atoms with Crippen LogP contribution in [-0.2, 0) is 6.54 Å². The largest absolute Gasteiger partial charge is 0.336 e. The van der Waals surface area contributed by atoms with Gasteiger partial charge in [0.05, 0.1) is 11.9 Å². The summed E-state index contributed by atoms with van der Waals surface area (Å²) in [5.74, 6) is -0.00937. The van der Waals surface area contributed by atoms with Crippen LogP contribution in [0.5, 0.6) is 0 Å². The molecule has 116 valence electrons. The molecule has 0 aromatic carbocycles. The number of nitrogens with zero attached hydrogens (tertiary/aromatic N) is 4. The maximum atomic E-state index is 12.5. The van der Waals surface area contributed by atoms with Crippen LogP contribution in [0.3, 0.4) is 0 Å². The molecule has 0 spiro atoms. The molecule has 5 nitrogen and oxygen atoms in total. The van der Waals surface area contributed by atoms with E-state index in [-0.39, 0.29) is 5.91 Å². The van der Waals surface area contributed by atoms with Gasteiger partial charge in [0.1, 0.15) is 5.69 Å². The first-order chi connectivity index (χ1) is 10.7. The number of thiophene rings is 1. The Kier molecular flexibility index (Phi) is 4.80. The van der Waals surface area contributed by atoms with Gasteiger partial charge in [0.2, 0.25) is 0 Å². The molecular weight excluding hydrogens is 296 g/mol. The number of carbonyl (C=O) groups excluding carboxylic acids is 1. The lowest BCUT2D eigenvalue weighted by Gasteiger charge is -2.21. The molecule has 2 aromatic heterocycles. The summed E-state index contributed by atoms with van der Waals surface area (Å²) >= 11 is 1.73. The highest BCUT2D eigenvalue weighted by Gasteiger charge is 2.21. The maximum Gasteiger partial charge on any atom is 0.274 e. The van der Waals surface area contributed by atoms with Crippen molar-refractivity contribution in [2.24, 2.45) is 0 Å². The number of rotatable bonds is 3. The number of aryl methyl sites for hydroxylation is 1. The van der Waals surface area contributed by atoms with Crippen LogP contribution in [0.2, 0.25) is 0 Å². The molecule has 1 amide bonds. The molecule has 1 aliphatic heterocycles. The lowest BCUT2D eigenvalue weighted by Crippen LogP contribution is -2.35. The van der Waals surface area contributed by atoms with E-state index >= 15 is 0 Å². The third kappa shape index (κ3) is 3.69. The molecule has 0 atom stereocenters. The number of aromatic nitrogens is 2. The van der Waals surface area contributed by atoms with E-state index in [1.54, 1.807) is 23.7 Å². The van der Waals surface area contributed by atoms with E-state index in [1.165, 1.54) is 5.56 Å². The van der Waals surface area contributed by atoms with Crippen molar-refractivity contribution in [3.05, 3.63) is 46.2 Å². The first kappa shape index (κ1) is 15.1. The van der Waals surface area contributed by atoms with Gasteiger partial charge in [-0.05, 0) is 35.7 Å². The molecule has 0 bridgehead atoms. The Hall–Kier alpha value is -1.79. The summed E-state index contributed by atoms with van der Waals surface area (Å²) in [5.41, 5.74) is 2.63. The molecule has 0 saturated carbocycles. The predicted octanol–water partition coefficient (Wildman–Crippen LogP) is 2.19. The van der Waals surface area contributed by atoms with Crippen molar-refractivity contribution < 1.29 is 4.79 Å². The fraction of sp³-hybridized carbons (Fsp3) is 0.438. The van der Waals surface area contributed by atoms with Gasteiger partial charge in [0, 0.05) is 38.9 Å². The Labute approximate surface area is 134 Å². The van der Waals surface area contributed by atoms with Crippen LogP contribution >= 0.6 is 11.3 Å². The minimum atomic E-state index is -0.00937. The first-order valence-electron chi connectivity index (χ1n) is 7.54. The highest BCUT2D eigenvalue weighted by atomic mass is 32.1. The molecule has 1 fully saturated rings. The Bertz CT molecular complexity index is 612. The van der Waals surface area contributed by atoms with Crippen molar-refractivity contribution in [2.45, 2.75) is 19.9 Å². The third-order valence-electron chi connectivity index (χ3n) is 3.86. The van der Waals surface area contributed by atoms with Gasteiger partial charge in [-0.3, -0.25) is 14.7 Å². The second kappa shape index (κ2) is 6.98. The van der Waals surface area contributed by atoms with Crippen molar-refractivity contribution in [1.29, 1.82) is 0 Å². The zero-order valence-corrected chi connectivity index (χ0v) is 13.6. The van der Waals surface area contributed by atoms with E-state index in [0.717, 1.165) is 44.8 Å². The van der Waals surface area contributed by atoms with E-state index in [9.17, 15) is 4.79 Å². The molecule has 1 aliphatic rings. The molecule has 0 radical (unpaired) electrons. The van der Waals surface area contributed by atoms with Crippen molar-refractivity contribution >= 4 is 17.2 Å². The lowest BCUT2D eigenvalue weighted by molar-refractivity contribution is 0.0754. The number of amides is 1. The van der Waals surface area contributed by atoms with Gasteiger partial charge in [0.15, 0.2) is 0 Å². The minimum Gasteiger partial charge on any atom is -0.336 e. The highest BCUT2D eigenvalue weighted by Crippen LogP contribution is 2.13. The second-order valence-electron chi connectivity index (χ2n) is 5.60. The van der Waals surface area contributed by atoms with Gasteiger partial charge < -0.3 is 4.90 Å². The quantitative estimate of drug-likeness (QED) is 0.871. The summed E-state index contributed by atoms with van der Waals surface area (Å²) in [6.07, 6.45) is 4.22. The van der Waals surface area contributed by atoms with E-state index in [4.69, 9.17) is 0 Å². The fourth-order valence-corrected chi connectivity index (χ4v) is 3.30. The summed E-state index contributed by atoms with van der Waals surface area (Å²) in [6.45, 7) is 6.30. The van der Waals surface area contributed by atoms with Gasteiger partial charge in [-0.1, -0.05) is 0 Å². The van der Waals surface area contributed by atoms with Gasteiger partial charge in [0.25, 0.3) is 5.91 Å². The first-order valence-corrected chi connectivity index (χ1v) is 8.48. The standard InChI is InChI=1S/C16H20N4OS/c1-13-9-18-15(10-17-13)16(21)20-5-2-4-19(6-7-20)11-14-3-8-22-12-14/h3,8-10,12H,2,4-7,11H2,1H3. The van der Waals surface area contributed by atoms with Gasteiger partial charge in [-0.15, -0.1) is 0 Å². The highest BCUT2D eigenvalue weighted by molar-refractivity contribution is 7.07. The van der Waals surface area contributed by atoms with E-state index in [2.05, 4.69) is 31.7 Å². The summed E-state index contributed by atoms with van der Waals surface area (Å²) in [4.78, 5) is 25.2. The van der Waals surface area contributed by atoms with Crippen molar-refractivity contribution in [3.63, 3.8) is 0 Å². The summed E-state index contributed by atoms with van der Waals surface area (Å²) in [6, 6.07) is 2.17. The van der Waals surface area contributed by atoms with Gasteiger partial charge in [-0.2, -0.15) is 11.3 Å². The minimum absolute atomic E-state index is 0.00937. The number of carbonyl (C=O) groups is 1. The second-order valence-corrected chi connectivity index (χ2v) is 6.38. The molecule has 0 unspecified atom stereocenters. The van der Waals surface area contributed by atoms with Crippen LogP contribution in [0.4, 0.5) is 0 Å². The zero-order chi connectivity index (χ0) is 15.4. The van der Waals surface area contributed by atoms with Crippen molar-refractivity contribution in [3.8, 4) is 0 Å². The SMILES string of the molecule is Cc1cnc(C(=O)N2CCCN(Cc3ccsc3)CC2)cn1. The Morgan fingerprint density at radius 1 is 1.23 bits per heavy atom. The third-order valence-corrected chi connectivity index (χ3v) is 4.59. The van der Waals surface area contributed by atoms with Crippen LogP contribution in [-0.4, -0.2) is 51.9 Å². The Morgan fingerprint density at radius 3 is 2.86 bits per heavy atom. The molecule has 0 aliphatic carbocycles. The summed E-state index contributed by atoms with van der Waals surface area (Å²) in [5, 5.41) is 4.30. The van der Waals surface area contributed by atoms with Crippen LogP contribution in [0, 0.1) is 6.92 Å². The molecule has 3 heterocycles. The maximum absolute atomic E-state index is 12.5. The normalized spacial score (nSPS) is 16.5. The number of hydrogen-bond acceptors (Lipinski definition) is 5. The fourth-order valence-electron chi connectivity index (χ4n) is 2.64. The molecule has 1 saturated heterocycles. The zero-order valence-electron chi connectivity index (χ0n) is 12.7. The molecule has 22 heavy (non-hydrogen) atoms. The lowest BCUT2D eigenvalue weighted by atomic mass is 10.3. The van der Waals surface area contributed by atoms with Crippen LogP contribution in [0.15, 0.2) is 29.2 Å². The van der Waals surface area contributed by atoms with Crippen LogP contribution < -0.4 is 0 Å². The Balaban J connectivity index is 1.60. The van der Waals surface area contributed by atoms with Gasteiger partial charge >= 0.3 is 0 Å². The van der Waals surface area contributed by atoms with Crippen LogP contribution in [0.25, 0.3) is 0 Å². The monoisotopic (exact) mass is 316 g/mol. The summed E-state index contributed by atoms with van der Waals surface area (Å²) in [7, 11) is 0. The molecule has 3 rings (SSSR count). The molecule has 6 heteroatoms. The average molecular weight is 316 g/mol. The molecular formula is C16H20N4OS. The van der Waals surface area contributed by atoms with E-state index in [1.807, 2.05) is 11.8 Å².